The van der Waals surface area contributed by atoms with Crippen molar-refractivity contribution in [3.8, 4) is 31.3 Å². The van der Waals surface area contributed by atoms with Gasteiger partial charge in [0.25, 0.3) is 0 Å². The average Bonchev–Trinajstić information content (AvgIpc) is 3.48. The molecule has 0 radical (unpaired) electrons. The molecule has 4 rings (SSSR count). The number of carbonyl (C=O) groups is 3. The van der Waals surface area contributed by atoms with Crippen LogP contribution < -0.4 is 0 Å². The Morgan fingerprint density at radius 2 is 0.767 bits per heavy atom. The summed E-state index contributed by atoms with van der Waals surface area (Å²) in [4.78, 5) is 36.7. The molecular formula is C21H12O6S3. The molecule has 0 bridgehead atoms. The van der Waals surface area contributed by atoms with Gasteiger partial charge < -0.3 is 15.3 Å². The number of benzene rings is 1. The molecule has 1 aromatic carbocycles. The fourth-order valence-corrected chi connectivity index (χ4v) is 5.37. The van der Waals surface area contributed by atoms with Crippen molar-refractivity contribution in [2.75, 3.05) is 0 Å². The maximum atomic E-state index is 11.3. The van der Waals surface area contributed by atoms with E-state index in [4.69, 9.17) is 0 Å². The molecule has 150 valence electrons. The Hall–Kier alpha value is -3.27. The number of hydrogen-bond acceptors (Lipinski definition) is 6. The highest BCUT2D eigenvalue weighted by molar-refractivity contribution is 7.18. The fourth-order valence-electron chi connectivity index (χ4n) is 2.88. The molecule has 0 atom stereocenters. The molecule has 0 saturated heterocycles. The van der Waals surface area contributed by atoms with Gasteiger partial charge in [0.2, 0.25) is 0 Å². The quantitative estimate of drug-likeness (QED) is 0.330. The lowest BCUT2D eigenvalue weighted by atomic mass is 10.0. The van der Waals surface area contributed by atoms with Crippen LogP contribution >= 0.6 is 34.0 Å². The molecular weight excluding hydrogens is 444 g/mol. The third-order valence-corrected chi connectivity index (χ3v) is 7.60. The maximum absolute atomic E-state index is 11.3. The van der Waals surface area contributed by atoms with Gasteiger partial charge in [-0.05, 0) is 71.3 Å². The van der Waals surface area contributed by atoms with Gasteiger partial charge in [-0.15, -0.1) is 34.0 Å². The highest BCUT2D eigenvalue weighted by Gasteiger charge is 2.15. The van der Waals surface area contributed by atoms with Crippen molar-refractivity contribution < 1.29 is 29.7 Å². The number of rotatable bonds is 6. The van der Waals surface area contributed by atoms with Crippen LogP contribution in [0.4, 0.5) is 0 Å². The highest BCUT2D eigenvalue weighted by Crippen LogP contribution is 2.39. The number of thiophene rings is 3. The summed E-state index contributed by atoms with van der Waals surface area (Å²) < 4.78 is 0. The van der Waals surface area contributed by atoms with E-state index in [0.717, 1.165) is 65.3 Å². The van der Waals surface area contributed by atoms with Crippen LogP contribution in [0.5, 0.6) is 0 Å². The predicted octanol–water partition coefficient (Wildman–Crippen LogP) is 5.97. The van der Waals surface area contributed by atoms with E-state index in [1.165, 1.54) is 18.2 Å². The van der Waals surface area contributed by atoms with Crippen LogP contribution in [0.2, 0.25) is 0 Å². The van der Waals surface area contributed by atoms with E-state index >= 15 is 0 Å². The second-order valence-corrected chi connectivity index (χ2v) is 9.46. The number of hydrogen-bond donors (Lipinski definition) is 3. The molecule has 3 heterocycles. The summed E-state index contributed by atoms with van der Waals surface area (Å²) in [6.45, 7) is 0. The molecule has 0 amide bonds. The third-order valence-electron chi connectivity index (χ3n) is 4.24. The van der Waals surface area contributed by atoms with Gasteiger partial charge in [-0.2, -0.15) is 0 Å². The topological polar surface area (TPSA) is 112 Å². The van der Waals surface area contributed by atoms with E-state index in [2.05, 4.69) is 0 Å². The van der Waals surface area contributed by atoms with Gasteiger partial charge >= 0.3 is 17.9 Å². The van der Waals surface area contributed by atoms with Gasteiger partial charge in [0.15, 0.2) is 0 Å². The van der Waals surface area contributed by atoms with Crippen molar-refractivity contribution >= 4 is 51.9 Å². The Morgan fingerprint density at radius 1 is 0.500 bits per heavy atom. The van der Waals surface area contributed by atoms with Gasteiger partial charge in [0, 0.05) is 14.6 Å². The molecule has 0 aliphatic carbocycles. The fraction of sp³-hybridized carbons (Fsp3) is 0. The van der Waals surface area contributed by atoms with Crippen molar-refractivity contribution in [1.29, 1.82) is 0 Å². The Morgan fingerprint density at radius 3 is 0.967 bits per heavy atom. The third kappa shape index (κ3) is 3.90. The maximum Gasteiger partial charge on any atom is 0.345 e. The van der Waals surface area contributed by atoms with Crippen molar-refractivity contribution in [3.05, 3.63) is 69.2 Å². The van der Waals surface area contributed by atoms with Gasteiger partial charge in [-0.3, -0.25) is 0 Å². The van der Waals surface area contributed by atoms with E-state index in [0.29, 0.717) is 0 Å². The Labute approximate surface area is 181 Å². The molecule has 4 aromatic rings. The summed E-state index contributed by atoms with van der Waals surface area (Å²) in [5.41, 5.74) is 2.32. The molecule has 30 heavy (non-hydrogen) atoms. The molecule has 0 unspecified atom stereocenters. The Bertz CT molecular complexity index is 1120. The lowest BCUT2D eigenvalue weighted by Crippen LogP contribution is -1.89. The summed E-state index contributed by atoms with van der Waals surface area (Å²) in [6, 6.07) is 15.4. The molecule has 0 spiro atoms. The minimum Gasteiger partial charge on any atom is -0.477 e. The highest BCUT2D eigenvalue weighted by atomic mass is 32.1. The first-order valence-electron chi connectivity index (χ1n) is 8.47. The van der Waals surface area contributed by atoms with Crippen LogP contribution in [0.25, 0.3) is 31.3 Å². The first kappa shape index (κ1) is 20.0. The second kappa shape index (κ2) is 7.86. The monoisotopic (exact) mass is 456 g/mol. The van der Waals surface area contributed by atoms with Gasteiger partial charge in [-0.1, -0.05) is 0 Å². The van der Waals surface area contributed by atoms with E-state index in [1.807, 2.05) is 18.2 Å². The zero-order chi connectivity index (χ0) is 21.4. The van der Waals surface area contributed by atoms with Gasteiger partial charge in [-0.25, -0.2) is 14.4 Å². The molecule has 0 aliphatic heterocycles. The summed E-state index contributed by atoms with van der Waals surface area (Å²) in [6.07, 6.45) is 0. The minimum atomic E-state index is -1.00. The van der Waals surface area contributed by atoms with Crippen LogP contribution in [0, 0.1) is 0 Å². The van der Waals surface area contributed by atoms with Crippen molar-refractivity contribution in [2.24, 2.45) is 0 Å². The zero-order valence-corrected chi connectivity index (χ0v) is 17.4. The lowest BCUT2D eigenvalue weighted by Gasteiger charge is -2.07. The molecule has 3 aromatic heterocycles. The summed E-state index contributed by atoms with van der Waals surface area (Å²) in [5.74, 6) is -3.01. The van der Waals surface area contributed by atoms with Crippen LogP contribution in [-0.4, -0.2) is 33.2 Å². The minimum absolute atomic E-state index is 0.213. The van der Waals surface area contributed by atoms with E-state index in [1.54, 1.807) is 18.2 Å². The van der Waals surface area contributed by atoms with E-state index < -0.39 is 17.9 Å². The summed E-state index contributed by atoms with van der Waals surface area (Å²) >= 11 is 3.42. The molecule has 0 fully saturated rings. The predicted molar refractivity (Wildman–Crippen MR) is 117 cm³/mol. The average molecular weight is 457 g/mol. The Balaban J connectivity index is 1.86. The normalized spacial score (nSPS) is 10.8. The summed E-state index contributed by atoms with van der Waals surface area (Å²) in [5, 5.41) is 27.7. The second-order valence-electron chi connectivity index (χ2n) is 6.21. The van der Waals surface area contributed by atoms with Crippen LogP contribution in [0.15, 0.2) is 54.6 Å². The van der Waals surface area contributed by atoms with Crippen LogP contribution in [-0.2, 0) is 0 Å². The molecule has 6 nitrogen and oxygen atoms in total. The standard InChI is InChI=1S/C21H12O6S3/c22-19(23)16-4-1-13(28-16)10-7-11(14-2-5-17(29-14)20(24)25)9-12(8-10)15-3-6-18(30-15)21(26)27/h1-9H,(H,22,23)(H,24,25)(H,26,27). The van der Waals surface area contributed by atoms with E-state index in [-0.39, 0.29) is 14.6 Å². The van der Waals surface area contributed by atoms with Crippen molar-refractivity contribution in [2.45, 2.75) is 0 Å². The number of aromatic carboxylic acids is 3. The SMILES string of the molecule is O=C(O)c1ccc(-c2cc(-c3ccc(C(=O)O)s3)cc(-c3ccc(C(=O)O)s3)c2)s1. The van der Waals surface area contributed by atoms with Crippen LogP contribution in [0.1, 0.15) is 29.0 Å². The first-order chi connectivity index (χ1) is 14.3. The molecule has 9 heteroatoms. The molecule has 0 aliphatic rings. The van der Waals surface area contributed by atoms with E-state index in [9.17, 15) is 29.7 Å². The van der Waals surface area contributed by atoms with Crippen LogP contribution in [0.3, 0.4) is 0 Å². The summed E-state index contributed by atoms with van der Waals surface area (Å²) in [7, 11) is 0. The first-order valence-corrected chi connectivity index (χ1v) is 10.9. The molecule has 0 saturated carbocycles. The van der Waals surface area contributed by atoms with Gasteiger partial charge in [0.1, 0.15) is 14.6 Å². The van der Waals surface area contributed by atoms with Gasteiger partial charge in [0.05, 0.1) is 0 Å². The molecule has 3 N–H and O–H groups in total. The number of carboxylic acid groups (broad SMARTS) is 3. The largest absolute Gasteiger partial charge is 0.477 e. The van der Waals surface area contributed by atoms with Crippen molar-refractivity contribution in [1.82, 2.24) is 0 Å². The number of carboxylic acids is 3. The smallest absolute Gasteiger partial charge is 0.345 e. The lowest BCUT2D eigenvalue weighted by molar-refractivity contribution is 0.0691. The zero-order valence-electron chi connectivity index (χ0n) is 15.0. The Kier molecular flexibility index (Phi) is 5.25. The van der Waals surface area contributed by atoms with Crippen molar-refractivity contribution in [3.63, 3.8) is 0 Å².